The van der Waals surface area contributed by atoms with E-state index in [1.165, 1.54) is 16.4 Å². The van der Waals surface area contributed by atoms with Crippen LogP contribution in [0.1, 0.15) is 37.8 Å². The second kappa shape index (κ2) is 11.4. The zero-order valence-electron chi connectivity index (χ0n) is 20.2. The normalized spacial score (nSPS) is 12.7. The second-order valence-electron chi connectivity index (χ2n) is 8.28. The molecule has 35 heavy (non-hydrogen) atoms. The zero-order chi connectivity index (χ0) is 25.8. The fourth-order valence-corrected chi connectivity index (χ4v) is 7.20. The molecule has 1 aromatic heterocycles. The van der Waals surface area contributed by atoms with Gasteiger partial charge in [0.25, 0.3) is 10.0 Å². The molecule has 190 valence electrons. The average Bonchev–Trinajstić information content (AvgIpc) is 3.14. The quantitative estimate of drug-likeness (QED) is 0.343. The van der Waals surface area contributed by atoms with Crippen LogP contribution in [0.4, 0.5) is 4.39 Å². The molecular weight excluding hydrogens is 493 g/mol. The largest absolute Gasteiger partial charge is 0.489 e. The van der Waals surface area contributed by atoms with E-state index in [0.29, 0.717) is 47.4 Å². The number of aryl methyl sites for hydroxylation is 2. The van der Waals surface area contributed by atoms with E-state index in [2.05, 4.69) is 0 Å². The predicted molar refractivity (Wildman–Crippen MR) is 135 cm³/mol. The van der Waals surface area contributed by atoms with Crippen molar-refractivity contribution < 1.29 is 32.2 Å². The molecule has 0 fully saturated rings. The summed E-state index contributed by atoms with van der Waals surface area (Å²) in [5.41, 5.74) is 1.26. The highest BCUT2D eigenvalue weighted by atomic mass is 32.2. The highest BCUT2D eigenvalue weighted by molar-refractivity contribution is 7.91. The molecule has 3 rings (SSSR count). The lowest BCUT2D eigenvalue weighted by atomic mass is 10.2. The molecule has 0 aliphatic heterocycles. The first kappa shape index (κ1) is 26.9. The molecule has 10 heteroatoms. The molecule has 1 heterocycles. The molecule has 0 bridgehead atoms. The number of benzene rings is 2. The number of aliphatic carboxylic acids is 1. The van der Waals surface area contributed by atoms with E-state index in [4.69, 9.17) is 14.6 Å². The Morgan fingerprint density at radius 3 is 2.54 bits per heavy atom. The second-order valence-corrected chi connectivity index (χ2v) is 11.5. The van der Waals surface area contributed by atoms with E-state index >= 15 is 0 Å². The number of hydrogen-bond acceptors (Lipinski definition) is 6. The number of fused-ring (bicyclic) bond motifs is 1. The van der Waals surface area contributed by atoms with Crippen molar-refractivity contribution in [2.45, 2.75) is 50.8 Å². The molecule has 0 amide bonds. The Morgan fingerprint density at radius 2 is 1.91 bits per heavy atom. The maximum atomic E-state index is 13.8. The highest BCUT2D eigenvalue weighted by Crippen LogP contribution is 2.36. The molecule has 2 aromatic carbocycles. The van der Waals surface area contributed by atoms with Gasteiger partial charge in [-0.05, 0) is 79.6 Å². The third kappa shape index (κ3) is 6.31. The molecular formula is C25H30FNO6S2. The summed E-state index contributed by atoms with van der Waals surface area (Å²) in [6.45, 7) is 7.37. The van der Waals surface area contributed by atoms with Crippen molar-refractivity contribution in [2.75, 3.05) is 19.7 Å². The number of ether oxygens (including phenoxy) is 2. The summed E-state index contributed by atoms with van der Waals surface area (Å²) in [5, 5.41) is 9.40. The first-order valence-corrected chi connectivity index (χ1v) is 13.6. The summed E-state index contributed by atoms with van der Waals surface area (Å²) in [4.78, 5) is 10.7. The van der Waals surface area contributed by atoms with E-state index in [1.807, 2.05) is 13.8 Å². The van der Waals surface area contributed by atoms with Crippen LogP contribution in [0.2, 0.25) is 0 Å². The Morgan fingerprint density at radius 1 is 1.17 bits per heavy atom. The molecule has 1 N–H and O–H groups in total. The number of carboxylic acids is 1. The lowest BCUT2D eigenvalue weighted by Crippen LogP contribution is -2.40. The standard InChI is InChI=1S/C25H30FNO6S2/c1-5-11-27(35(30,31)25-17(4)21-13-18(26)7-10-23(21)34-25)14-19(6-2)33-20-8-9-22(16(3)12-20)32-15-24(28)29/h7-10,12-13,19H,5-6,11,14-15H2,1-4H3,(H,28,29). The predicted octanol–water partition coefficient (Wildman–Crippen LogP) is 5.38. The van der Waals surface area contributed by atoms with Gasteiger partial charge in [-0.2, -0.15) is 4.31 Å². The van der Waals surface area contributed by atoms with Crippen LogP contribution in [0.25, 0.3) is 10.1 Å². The molecule has 0 spiro atoms. The number of hydrogen-bond donors (Lipinski definition) is 1. The number of carboxylic acid groups (broad SMARTS) is 1. The van der Waals surface area contributed by atoms with Gasteiger partial charge in [-0.15, -0.1) is 11.3 Å². The van der Waals surface area contributed by atoms with Gasteiger partial charge in [-0.25, -0.2) is 17.6 Å². The number of sulfonamides is 1. The lowest BCUT2D eigenvalue weighted by molar-refractivity contribution is -0.139. The number of rotatable bonds is 12. The molecule has 7 nitrogen and oxygen atoms in total. The summed E-state index contributed by atoms with van der Waals surface area (Å²) in [7, 11) is -3.82. The summed E-state index contributed by atoms with van der Waals surface area (Å²) in [5.74, 6) is -0.479. The van der Waals surface area contributed by atoms with Gasteiger partial charge in [0.15, 0.2) is 6.61 Å². The van der Waals surface area contributed by atoms with Crippen LogP contribution in [-0.4, -0.2) is 49.6 Å². The van der Waals surface area contributed by atoms with Crippen LogP contribution >= 0.6 is 11.3 Å². The lowest BCUT2D eigenvalue weighted by Gasteiger charge is -2.27. The fraction of sp³-hybridized carbons (Fsp3) is 0.400. The van der Waals surface area contributed by atoms with Gasteiger partial charge in [-0.1, -0.05) is 13.8 Å². The Kier molecular flexibility index (Phi) is 8.74. The van der Waals surface area contributed by atoms with Gasteiger partial charge in [0.1, 0.15) is 27.6 Å². The van der Waals surface area contributed by atoms with Crippen LogP contribution in [0.5, 0.6) is 11.5 Å². The molecule has 0 aliphatic carbocycles. The monoisotopic (exact) mass is 523 g/mol. The number of halogens is 1. The van der Waals surface area contributed by atoms with Gasteiger partial charge in [0.05, 0.1) is 6.54 Å². The van der Waals surface area contributed by atoms with Gasteiger partial charge in [-0.3, -0.25) is 0 Å². The van der Waals surface area contributed by atoms with Crippen molar-refractivity contribution in [3.05, 3.63) is 53.3 Å². The van der Waals surface area contributed by atoms with Crippen LogP contribution in [0, 0.1) is 19.7 Å². The maximum Gasteiger partial charge on any atom is 0.341 e. The molecule has 1 atom stereocenters. The van der Waals surface area contributed by atoms with Crippen LogP contribution in [0.15, 0.2) is 40.6 Å². The summed E-state index contributed by atoms with van der Waals surface area (Å²) >= 11 is 1.15. The molecule has 3 aromatic rings. The Labute approximate surface area is 209 Å². The number of thiophene rings is 1. The zero-order valence-corrected chi connectivity index (χ0v) is 21.8. The van der Waals surface area contributed by atoms with Crippen LogP contribution in [-0.2, 0) is 14.8 Å². The van der Waals surface area contributed by atoms with Gasteiger partial charge in [0, 0.05) is 11.2 Å². The van der Waals surface area contributed by atoms with E-state index in [-0.39, 0.29) is 10.8 Å². The minimum absolute atomic E-state index is 0.158. The van der Waals surface area contributed by atoms with Crippen molar-refractivity contribution >= 4 is 37.4 Å². The molecule has 1 unspecified atom stereocenters. The van der Waals surface area contributed by atoms with Crippen molar-refractivity contribution in [3.63, 3.8) is 0 Å². The first-order chi connectivity index (χ1) is 16.6. The minimum Gasteiger partial charge on any atom is -0.489 e. The summed E-state index contributed by atoms with van der Waals surface area (Å²) in [6, 6.07) is 9.36. The van der Waals surface area contributed by atoms with E-state index in [9.17, 15) is 17.6 Å². The minimum atomic E-state index is -3.82. The topological polar surface area (TPSA) is 93.1 Å². The van der Waals surface area contributed by atoms with Crippen molar-refractivity contribution in [3.8, 4) is 11.5 Å². The van der Waals surface area contributed by atoms with Gasteiger partial charge >= 0.3 is 5.97 Å². The van der Waals surface area contributed by atoms with E-state index in [0.717, 1.165) is 16.0 Å². The highest BCUT2D eigenvalue weighted by Gasteiger charge is 2.31. The maximum absolute atomic E-state index is 13.8. The number of nitrogens with zero attached hydrogens (tertiary/aromatic N) is 1. The molecule has 0 aliphatic rings. The molecule has 0 saturated carbocycles. The first-order valence-electron chi connectivity index (χ1n) is 11.4. The van der Waals surface area contributed by atoms with Crippen LogP contribution < -0.4 is 9.47 Å². The Hall–Kier alpha value is -2.69. The number of carbonyl (C=O) groups is 1. The summed E-state index contributed by atoms with van der Waals surface area (Å²) < 4.78 is 54.8. The smallest absolute Gasteiger partial charge is 0.341 e. The third-order valence-electron chi connectivity index (χ3n) is 5.56. The van der Waals surface area contributed by atoms with Crippen molar-refractivity contribution in [2.24, 2.45) is 0 Å². The van der Waals surface area contributed by atoms with E-state index in [1.54, 1.807) is 38.1 Å². The molecule has 0 saturated heterocycles. The van der Waals surface area contributed by atoms with Gasteiger partial charge in [0.2, 0.25) is 0 Å². The van der Waals surface area contributed by atoms with E-state index < -0.39 is 34.5 Å². The average molecular weight is 524 g/mol. The third-order valence-corrected chi connectivity index (χ3v) is 9.30. The Bertz CT molecular complexity index is 1300. The summed E-state index contributed by atoms with van der Waals surface area (Å²) in [6.07, 6.45) is 0.791. The molecule has 0 radical (unpaired) electrons. The van der Waals surface area contributed by atoms with Crippen LogP contribution in [0.3, 0.4) is 0 Å². The van der Waals surface area contributed by atoms with Gasteiger partial charge < -0.3 is 14.6 Å². The SMILES string of the molecule is CCCN(CC(CC)Oc1ccc(OCC(=O)O)c(C)c1)S(=O)(=O)c1sc2ccc(F)cc2c1C. The van der Waals surface area contributed by atoms with Crippen molar-refractivity contribution in [1.29, 1.82) is 0 Å². The van der Waals surface area contributed by atoms with Crippen molar-refractivity contribution in [1.82, 2.24) is 4.31 Å². The fourth-order valence-electron chi connectivity index (χ4n) is 3.76. The Balaban J connectivity index is 1.83.